The summed E-state index contributed by atoms with van der Waals surface area (Å²) >= 11 is 1.35. The van der Waals surface area contributed by atoms with Gasteiger partial charge < -0.3 is 19.8 Å². The number of hydrogen-bond acceptors (Lipinski definition) is 7. The molecule has 2 heterocycles. The van der Waals surface area contributed by atoms with Gasteiger partial charge in [-0.2, -0.15) is 0 Å². The molecule has 0 bridgehead atoms. The van der Waals surface area contributed by atoms with Gasteiger partial charge in [0.1, 0.15) is 10.6 Å². The highest BCUT2D eigenvalue weighted by atomic mass is 32.1. The van der Waals surface area contributed by atoms with Gasteiger partial charge in [-0.25, -0.2) is 9.59 Å². The Hall–Kier alpha value is -2.94. The minimum atomic E-state index is -0.896. The molecular weight excluding hydrogens is 396 g/mol. The number of anilines is 1. The van der Waals surface area contributed by atoms with Crippen LogP contribution in [0.25, 0.3) is 0 Å². The number of hydrogen-bond donors (Lipinski definition) is 2. The molecule has 3 rings (SSSR count). The van der Waals surface area contributed by atoms with E-state index in [0.29, 0.717) is 16.5 Å². The second-order valence-electron chi connectivity index (χ2n) is 6.81. The van der Waals surface area contributed by atoms with Gasteiger partial charge in [-0.05, 0) is 49.8 Å². The maximum absolute atomic E-state index is 12.5. The highest BCUT2D eigenvalue weighted by Crippen LogP contribution is 2.40. The minimum Gasteiger partial charge on any atom is -0.462 e. The number of carbonyl (C=O) groups is 3. The van der Waals surface area contributed by atoms with Gasteiger partial charge in [0.05, 0.1) is 12.2 Å². The molecule has 1 amide bonds. The summed E-state index contributed by atoms with van der Waals surface area (Å²) in [5.74, 6) is -1.46. The zero-order chi connectivity index (χ0) is 21.0. The van der Waals surface area contributed by atoms with Crippen LogP contribution in [-0.4, -0.2) is 36.0 Å². The molecule has 0 spiro atoms. The Morgan fingerprint density at radius 1 is 1.28 bits per heavy atom. The van der Waals surface area contributed by atoms with E-state index >= 15 is 0 Å². The summed E-state index contributed by atoms with van der Waals surface area (Å²) in [6.07, 6.45) is 3.95. The van der Waals surface area contributed by atoms with Crippen LogP contribution in [0.2, 0.25) is 0 Å². The molecular formula is C20H22N2O6S. The third-order valence-electron chi connectivity index (χ3n) is 4.62. The number of fused-ring (bicyclic) bond motifs is 1. The van der Waals surface area contributed by atoms with Crippen LogP contribution in [0.4, 0.5) is 5.00 Å². The number of aromatic nitrogens is 1. The SMILES string of the molecule is CCOC(=O)c1c(NC(=O)COC(=O)c2ccc[nH]c2=O)sc2c1CC[C@@H](C)C2. The van der Waals surface area contributed by atoms with E-state index in [1.54, 1.807) is 6.92 Å². The van der Waals surface area contributed by atoms with Crippen molar-refractivity contribution in [2.75, 3.05) is 18.5 Å². The number of rotatable bonds is 6. The standard InChI is InChI=1S/C20H22N2O6S/c1-3-27-20(26)16-12-7-6-11(2)9-14(12)29-18(16)22-15(23)10-28-19(25)13-5-4-8-21-17(13)24/h4-5,8,11H,3,6-7,9-10H2,1-2H3,(H,21,24)(H,22,23)/t11-/m1/s1. The van der Waals surface area contributed by atoms with Crippen molar-refractivity contribution < 1.29 is 23.9 Å². The molecule has 0 fully saturated rings. The van der Waals surface area contributed by atoms with Crippen LogP contribution < -0.4 is 10.9 Å². The summed E-state index contributed by atoms with van der Waals surface area (Å²) < 4.78 is 10.1. The minimum absolute atomic E-state index is 0.187. The molecule has 1 atom stereocenters. The van der Waals surface area contributed by atoms with E-state index in [9.17, 15) is 19.2 Å². The highest BCUT2D eigenvalue weighted by Gasteiger charge is 2.29. The number of ether oxygens (including phenoxy) is 2. The average molecular weight is 418 g/mol. The Bertz CT molecular complexity index is 993. The Kier molecular flexibility index (Phi) is 6.48. The van der Waals surface area contributed by atoms with Crippen molar-refractivity contribution in [3.8, 4) is 0 Å². The number of pyridine rings is 1. The number of thiophene rings is 1. The van der Waals surface area contributed by atoms with E-state index in [1.165, 1.54) is 29.7 Å². The van der Waals surface area contributed by atoms with Crippen LogP contribution in [0.5, 0.6) is 0 Å². The molecule has 0 aliphatic heterocycles. The van der Waals surface area contributed by atoms with Crippen molar-refractivity contribution in [3.63, 3.8) is 0 Å². The predicted molar refractivity (Wildman–Crippen MR) is 107 cm³/mol. The maximum Gasteiger partial charge on any atom is 0.344 e. The lowest BCUT2D eigenvalue weighted by Gasteiger charge is -2.18. The molecule has 2 N–H and O–H groups in total. The molecule has 0 radical (unpaired) electrons. The van der Waals surface area contributed by atoms with Crippen LogP contribution >= 0.6 is 11.3 Å². The first-order valence-corrected chi connectivity index (χ1v) is 10.2. The summed E-state index contributed by atoms with van der Waals surface area (Å²) in [5.41, 5.74) is 0.531. The lowest BCUT2D eigenvalue weighted by molar-refractivity contribution is -0.119. The van der Waals surface area contributed by atoms with Crippen molar-refractivity contribution in [2.45, 2.75) is 33.1 Å². The quantitative estimate of drug-likeness (QED) is 0.697. The Balaban J connectivity index is 1.73. The average Bonchev–Trinajstić information content (AvgIpc) is 3.03. The van der Waals surface area contributed by atoms with Gasteiger partial charge in [-0.3, -0.25) is 9.59 Å². The van der Waals surface area contributed by atoms with E-state index in [4.69, 9.17) is 9.47 Å². The molecule has 2 aromatic heterocycles. The lowest BCUT2D eigenvalue weighted by Crippen LogP contribution is -2.25. The predicted octanol–water partition coefficient (Wildman–Crippen LogP) is 2.53. The number of esters is 2. The van der Waals surface area contributed by atoms with E-state index in [2.05, 4.69) is 17.2 Å². The molecule has 2 aromatic rings. The monoisotopic (exact) mass is 418 g/mol. The van der Waals surface area contributed by atoms with Crippen LogP contribution in [-0.2, 0) is 27.1 Å². The normalized spacial score (nSPS) is 15.3. The zero-order valence-electron chi connectivity index (χ0n) is 16.2. The van der Waals surface area contributed by atoms with Crippen LogP contribution in [0.1, 0.15) is 51.4 Å². The number of nitrogens with one attached hydrogen (secondary N) is 2. The molecule has 0 saturated heterocycles. The van der Waals surface area contributed by atoms with Gasteiger partial charge in [0.25, 0.3) is 11.5 Å². The Morgan fingerprint density at radius 3 is 2.79 bits per heavy atom. The van der Waals surface area contributed by atoms with Gasteiger partial charge in [0, 0.05) is 11.1 Å². The van der Waals surface area contributed by atoms with Gasteiger partial charge in [-0.1, -0.05) is 6.92 Å². The molecule has 1 aliphatic carbocycles. The first-order chi connectivity index (χ1) is 13.9. The second kappa shape index (κ2) is 9.04. The number of aromatic amines is 1. The van der Waals surface area contributed by atoms with Crippen molar-refractivity contribution in [1.29, 1.82) is 0 Å². The van der Waals surface area contributed by atoms with Gasteiger partial charge >= 0.3 is 11.9 Å². The molecule has 29 heavy (non-hydrogen) atoms. The summed E-state index contributed by atoms with van der Waals surface area (Å²) in [6, 6.07) is 2.80. The first kappa shape index (κ1) is 20.8. The molecule has 1 aliphatic rings. The van der Waals surface area contributed by atoms with E-state index in [0.717, 1.165) is 29.7 Å². The van der Waals surface area contributed by atoms with Crippen molar-refractivity contribution in [3.05, 3.63) is 50.3 Å². The lowest BCUT2D eigenvalue weighted by atomic mass is 9.88. The summed E-state index contributed by atoms with van der Waals surface area (Å²) in [5, 5.41) is 3.06. The van der Waals surface area contributed by atoms with Crippen LogP contribution in [0.3, 0.4) is 0 Å². The Labute approximate surface area is 171 Å². The molecule has 8 nitrogen and oxygen atoms in total. The fraction of sp³-hybridized carbons (Fsp3) is 0.400. The fourth-order valence-corrected chi connectivity index (χ4v) is 4.63. The van der Waals surface area contributed by atoms with E-state index < -0.39 is 30.0 Å². The van der Waals surface area contributed by atoms with E-state index in [1.807, 2.05) is 0 Å². The largest absolute Gasteiger partial charge is 0.462 e. The zero-order valence-corrected chi connectivity index (χ0v) is 17.0. The van der Waals surface area contributed by atoms with Crippen molar-refractivity contribution in [2.24, 2.45) is 5.92 Å². The van der Waals surface area contributed by atoms with Gasteiger partial charge in [-0.15, -0.1) is 11.3 Å². The first-order valence-electron chi connectivity index (χ1n) is 9.37. The van der Waals surface area contributed by atoms with Gasteiger partial charge in [0.15, 0.2) is 6.61 Å². The van der Waals surface area contributed by atoms with Gasteiger partial charge in [0.2, 0.25) is 0 Å². The number of carbonyl (C=O) groups excluding carboxylic acids is 3. The maximum atomic E-state index is 12.5. The van der Waals surface area contributed by atoms with Crippen molar-refractivity contribution in [1.82, 2.24) is 4.98 Å². The second-order valence-corrected chi connectivity index (χ2v) is 7.92. The molecule has 0 unspecified atom stereocenters. The highest BCUT2D eigenvalue weighted by molar-refractivity contribution is 7.17. The molecule has 0 saturated carbocycles. The smallest absolute Gasteiger partial charge is 0.344 e. The molecule has 9 heteroatoms. The van der Waals surface area contributed by atoms with E-state index in [-0.39, 0.29) is 12.2 Å². The van der Waals surface area contributed by atoms with Crippen molar-refractivity contribution >= 4 is 34.2 Å². The summed E-state index contributed by atoms with van der Waals surface area (Å²) in [7, 11) is 0. The topological polar surface area (TPSA) is 115 Å². The van der Waals surface area contributed by atoms with Crippen LogP contribution in [0.15, 0.2) is 23.1 Å². The summed E-state index contributed by atoms with van der Waals surface area (Å²) in [6.45, 7) is 3.53. The summed E-state index contributed by atoms with van der Waals surface area (Å²) in [4.78, 5) is 51.8. The van der Waals surface area contributed by atoms with Crippen LogP contribution in [0, 0.1) is 5.92 Å². The molecule has 154 valence electrons. The molecule has 0 aromatic carbocycles. The fourth-order valence-electron chi connectivity index (χ4n) is 3.21. The third-order valence-corrected chi connectivity index (χ3v) is 5.79. The third kappa shape index (κ3) is 4.73. The number of amides is 1. The Morgan fingerprint density at radius 2 is 2.07 bits per heavy atom. The number of H-pyrrole nitrogens is 1.